The topological polar surface area (TPSA) is 71.3 Å². The molecule has 1 aromatic carbocycles. The molecule has 1 fully saturated rings. The van der Waals surface area contributed by atoms with Gasteiger partial charge in [-0.05, 0) is 30.7 Å². The van der Waals surface area contributed by atoms with E-state index in [0.29, 0.717) is 13.0 Å². The lowest BCUT2D eigenvalue weighted by molar-refractivity contribution is -0.130. The fourth-order valence-electron chi connectivity index (χ4n) is 3.99. The van der Waals surface area contributed by atoms with Gasteiger partial charge in [0.05, 0.1) is 5.41 Å². The molecule has 1 aliphatic heterocycles. The van der Waals surface area contributed by atoms with E-state index in [1.54, 1.807) is 19.4 Å². The molecule has 0 spiro atoms. The molecule has 6 heteroatoms. The molecule has 1 aliphatic rings. The predicted octanol–water partition coefficient (Wildman–Crippen LogP) is 2.92. The van der Waals surface area contributed by atoms with E-state index in [9.17, 15) is 4.79 Å². The number of benzene rings is 1. The molecule has 3 aromatic rings. The lowest BCUT2D eigenvalue weighted by atomic mass is 9.81. The van der Waals surface area contributed by atoms with Crippen molar-refractivity contribution >= 4 is 5.91 Å². The third-order valence-corrected chi connectivity index (χ3v) is 5.44. The first-order valence-corrected chi connectivity index (χ1v) is 9.53. The van der Waals surface area contributed by atoms with Crippen LogP contribution in [0.3, 0.4) is 0 Å². The minimum absolute atomic E-state index is 0.0578. The first-order valence-electron chi connectivity index (χ1n) is 9.53. The molecule has 3 heterocycles. The van der Waals surface area contributed by atoms with Crippen LogP contribution in [0, 0.1) is 5.41 Å². The molecule has 4 rings (SSSR count). The first kappa shape index (κ1) is 18.4. The summed E-state index contributed by atoms with van der Waals surface area (Å²) in [5.74, 6) is 0.801. The minimum atomic E-state index is -0.505. The number of aromatic nitrogens is 2. The van der Waals surface area contributed by atoms with Crippen molar-refractivity contribution in [1.82, 2.24) is 20.4 Å². The van der Waals surface area contributed by atoms with Gasteiger partial charge in [0.25, 0.3) is 0 Å². The molecule has 1 amide bonds. The monoisotopic (exact) mass is 376 g/mol. The maximum atomic E-state index is 12.8. The Morgan fingerprint density at radius 1 is 1.21 bits per heavy atom. The molecule has 0 bridgehead atoms. The van der Waals surface area contributed by atoms with Gasteiger partial charge in [0.15, 0.2) is 0 Å². The average Bonchev–Trinajstić information content (AvgIpc) is 3.37. The number of nitrogens with zero attached hydrogens (tertiary/aromatic N) is 3. The van der Waals surface area contributed by atoms with Crippen LogP contribution in [0.5, 0.6) is 0 Å². The Balaban J connectivity index is 1.51. The van der Waals surface area contributed by atoms with Gasteiger partial charge in [-0.15, -0.1) is 0 Å². The molecule has 6 nitrogen and oxygen atoms in total. The van der Waals surface area contributed by atoms with Crippen molar-refractivity contribution in [2.24, 2.45) is 5.41 Å². The second-order valence-electron chi connectivity index (χ2n) is 7.40. The Kier molecular flexibility index (Phi) is 5.21. The van der Waals surface area contributed by atoms with Crippen molar-refractivity contribution in [2.75, 3.05) is 20.1 Å². The van der Waals surface area contributed by atoms with Crippen LogP contribution < -0.4 is 5.32 Å². The number of hydrogen-bond donors (Lipinski definition) is 1. The predicted molar refractivity (Wildman–Crippen MR) is 106 cm³/mol. The summed E-state index contributed by atoms with van der Waals surface area (Å²) in [7, 11) is 1.70. The number of pyridine rings is 1. The molecule has 0 unspecified atom stereocenters. The fourth-order valence-corrected chi connectivity index (χ4v) is 3.99. The van der Waals surface area contributed by atoms with E-state index in [-0.39, 0.29) is 5.91 Å². The Bertz CT molecular complexity index is 926. The van der Waals surface area contributed by atoms with E-state index in [1.807, 2.05) is 48.5 Å². The highest BCUT2D eigenvalue weighted by Crippen LogP contribution is 2.36. The number of likely N-dealkylation sites (tertiary alicyclic amines) is 1. The van der Waals surface area contributed by atoms with Crippen LogP contribution in [0.25, 0.3) is 11.3 Å². The van der Waals surface area contributed by atoms with Gasteiger partial charge in [0.2, 0.25) is 5.91 Å². The van der Waals surface area contributed by atoms with Gasteiger partial charge in [0.1, 0.15) is 11.5 Å². The number of carbonyl (C=O) groups is 1. The molecule has 1 atom stereocenters. The maximum absolute atomic E-state index is 12.8. The van der Waals surface area contributed by atoms with Crippen LogP contribution >= 0.6 is 0 Å². The van der Waals surface area contributed by atoms with Gasteiger partial charge in [-0.3, -0.25) is 14.7 Å². The highest BCUT2D eigenvalue weighted by molar-refractivity contribution is 5.83. The van der Waals surface area contributed by atoms with E-state index in [1.165, 1.54) is 5.56 Å². The van der Waals surface area contributed by atoms with Gasteiger partial charge in [-0.25, -0.2) is 0 Å². The summed E-state index contributed by atoms with van der Waals surface area (Å²) in [6.45, 7) is 2.37. The summed E-state index contributed by atoms with van der Waals surface area (Å²) in [4.78, 5) is 19.2. The standard InChI is InChI=1S/C22H24N4O2/c1-23-21(27)22(9-12-26(16-22)15-17-7-10-24-11-8-17)14-19-13-20(25-28-19)18-5-3-2-4-6-18/h2-8,10-11,13H,9,12,14-16H2,1H3,(H,23,27)/t22-/m1/s1. The van der Waals surface area contributed by atoms with Crippen LogP contribution in [-0.2, 0) is 17.8 Å². The molecule has 0 radical (unpaired) electrons. The molecule has 2 aromatic heterocycles. The zero-order valence-corrected chi connectivity index (χ0v) is 16.0. The summed E-state index contributed by atoms with van der Waals surface area (Å²) in [5.41, 5.74) is 2.51. The highest BCUT2D eigenvalue weighted by atomic mass is 16.5. The second-order valence-corrected chi connectivity index (χ2v) is 7.40. The molecule has 0 aliphatic carbocycles. The SMILES string of the molecule is CNC(=O)[C@@]1(Cc2cc(-c3ccccc3)no2)CCN(Cc2ccncc2)C1. The molecular formula is C22H24N4O2. The number of hydrogen-bond acceptors (Lipinski definition) is 5. The van der Waals surface area contributed by atoms with Crippen molar-refractivity contribution in [3.63, 3.8) is 0 Å². The normalized spacial score (nSPS) is 19.6. The first-order chi connectivity index (χ1) is 13.7. The Morgan fingerprint density at radius 2 is 2.00 bits per heavy atom. The fraction of sp³-hybridized carbons (Fsp3) is 0.318. The zero-order chi connectivity index (χ0) is 19.4. The Hall–Kier alpha value is -2.99. The summed E-state index contributed by atoms with van der Waals surface area (Å²) in [6, 6.07) is 15.9. The van der Waals surface area contributed by atoms with Crippen LogP contribution in [0.1, 0.15) is 17.7 Å². The van der Waals surface area contributed by atoms with Gasteiger partial charge < -0.3 is 9.84 Å². The lowest BCUT2D eigenvalue weighted by Crippen LogP contribution is -2.43. The van der Waals surface area contributed by atoms with Gasteiger partial charge in [0, 0.05) is 50.6 Å². The van der Waals surface area contributed by atoms with Gasteiger partial charge in [-0.1, -0.05) is 35.5 Å². The van der Waals surface area contributed by atoms with E-state index < -0.39 is 5.41 Å². The van der Waals surface area contributed by atoms with Crippen LogP contribution in [-0.4, -0.2) is 41.1 Å². The van der Waals surface area contributed by atoms with Crippen LogP contribution in [0.2, 0.25) is 0 Å². The summed E-state index contributed by atoms with van der Waals surface area (Å²) in [6.07, 6.45) is 4.94. The summed E-state index contributed by atoms with van der Waals surface area (Å²) >= 11 is 0. The molecule has 144 valence electrons. The largest absolute Gasteiger partial charge is 0.361 e. The van der Waals surface area contributed by atoms with E-state index in [2.05, 4.69) is 20.4 Å². The van der Waals surface area contributed by atoms with Gasteiger partial charge >= 0.3 is 0 Å². The maximum Gasteiger partial charge on any atom is 0.227 e. The molecule has 1 N–H and O–H groups in total. The second kappa shape index (κ2) is 7.94. The third kappa shape index (κ3) is 3.82. The van der Waals surface area contributed by atoms with Crippen molar-refractivity contribution in [2.45, 2.75) is 19.4 Å². The van der Waals surface area contributed by atoms with Crippen molar-refractivity contribution in [3.05, 3.63) is 72.2 Å². The van der Waals surface area contributed by atoms with Crippen LogP contribution in [0.4, 0.5) is 0 Å². The third-order valence-electron chi connectivity index (χ3n) is 5.44. The summed E-state index contributed by atoms with van der Waals surface area (Å²) < 4.78 is 5.60. The van der Waals surface area contributed by atoms with Crippen LogP contribution in [0.15, 0.2) is 65.4 Å². The smallest absolute Gasteiger partial charge is 0.227 e. The van der Waals surface area contributed by atoms with E-state index in [4.69, 9.17) is 4.52 Å². The molecule has 0 saturated carbocycles. The van der Waals surface area contributed by atoms with Crippen molar-refractivity contribution in [1.29, 1.82) is 0 Å². The quantitative estimate of drug-likeness (QED) is 0.716. The number of rotatable bonds is 6. The van der Waals surface area contributed by atoms with Gasteiger partial charge in [-0.2, -0.15) is 0 Å². The zero-order valence-electron chi connectivity index (χ0n) is 16.0. The number of amides is 1. The van der Waals surface area contributed by atoms with E-state index >= 15 is 0 Å². The lowest BCUT2D eigenvalue weighted by Gasteiger charge is -2.26. The van der Waals surface area contributed by atoms with Crippen molar-refractivity contribution in [3.8, 4) is 11.3 Å². The number of nitrogens with one attached hydrogen (secondary N) is 1. The summed E-state index contributed by atoms with van der Waals surface area (Å²) in [5, 5.41) is 7.06. The van der Waals surface area contributed by atoms with E-state index in [0.717, 1.165) is 36.5 Å². The molecule has 1 saturated heterocycles. The Morgan fingerprint density at radius 3 is 2.75 bits per heavy atom. The molecular weight excluding hydrogens is 352 g/mol. The number of carbonyl (C=O) groups excluding carboxylic acids is 1. The van der Waals surface area contributed by atoms with Crippen molar-refractivity contribution < 1.29 is 9.32 Å². The molecule has 28 heavy (non-hydrogen) atoms. The Labute approximate surface area is 164 Å². The average molecular weight is 376 g/mol. The minimum Gasteiger partial charge on any atom is -0.361 e. The highest BCUT2D eigenvalue weighted by Gasteiger charge is 2.45.